The van der Waals surface area contributed by atoms with Crippen LogP contribution in [0.25, 0.3) is 0 Å². The molecule has 1 aromatic carbocycles. The predicted octanol–water partition coefficient (Wildman–Crippen LogP) is 3.11. The summed E-state index contributed by atoms with van der Waals surface area (Å²) in [6.07, 6.45) is 1.19. The third-order valence-electron chi connectivity index (χ3n) is 4.31. The molecule has 1 aliphatic rings. The number of hydrogen-bond acceptors (Lipinski definition) is 3. The molecule has 2 rings (SSSR count). The number of nitrogens with zero attached hydrogens (tertiary/aromatic N) is 2. The highest BCUT2D eigenvalue weighted by atomic mass is 35.5. The predicted molar refractivity (Wildman–Crippen MR) is 94.3 cm³/mol. The van der Waals surface area contributed by atoms with E-state index >= 15 is 0 Å². The monoisotopic (exact) mass is 358 g/mol. The Labute approximate surface area is 148 Å². The third kappa shape index (κ3) is 5.35. The van der Waals surface area contributed by atoms with Crippen molar-refractivity contribution in [3.8, 4) is 0 Å². The van der Waals surface area contributed by atoms with Crippen molar-refractivity contribution in [2.75, 3.05) is 39.9 Å². The van der Waals surface area contributed by atoms with Gasteiger partial charge in [0.05, 0.1) is 16.7 Å². The Morgan fingerprint density at radius 3 is 2.74 bits per heavy atom. The molecule has 0 aromatic heterocycles. The lowest BCUT2D eigenvalue weighted by molar-refractivity contribution is -0.134. The maximum atomic E-state index is 12.4. The first-order valence-electron chi connectivity index (χ1n) is 7.96. The van der Waals surface area contributed by atoms with Gasteiger partial charge in [-0.15, -0.1) is 0 Å². The molecule has 0 N–H and O–H groups in total. The molecule has 1 aromatic rings. The van der Waals surface area contributed by atoms with Gasteiger partial charge in [0.2, 0.25) is 5.91 Å². The number of ether oxygens (including phenoxy) is 1. The lowest BCUT2D eigenvalue weighted by atomic mass is 10.1. The molecule has 128 valence electrons. The summed E-state index contributed by atoms with van der Waals surface area (Å²) in [4.78, 5) is 16.7. The van der Waals surface area contributed by atoms with E-state index in [1.165, 1.54) is 0 Å². The molecular formula is C17H24Cl2N2O2. The van der Waals surface area contributed by atoms with Crippen LogP contribution in [-0.4, -0.2) is 61.6 Å². The summed E-state index contributed by atoms with van der Waals surface area (Å²) in [5.41, 5.74) is 1.04. The molecule has 0 saturated carbocycles. The highest BCUT2D eigenvalue weighted by Gasteiger charge is 2.25. The number of rotatable bonds is 6. The van der Waals surface area contributed by atoms with E-state index in [-0.39, 0.29) is 5.91 Å². The molecule has 1 atom stereocenters. The van der Waals surface area contributed by atoms with Crippen molar-refractivity contribution in [2.24, 2.45) is 0 Å². The summed E-state index contributed by atoms with van der Waals surface area (Å²) < 4.78 is 5.13. The number of methoxy groups -OCH3 is 1. The Balaban J connectivity index is 1.81. The van der Waals surface area contributed by atoms with Crippen LogP contribution >= 0.6 is 23.2 Å². The molecule has 1 aliphatic heterocycles. The zero-order chi connectivity index (χ0) is 16.8. The third-order valence-corrected chi connectivity index (χ3v) is 5.05. The zero-order valence-corrected chi connectivity index (χ0v) is 15.2. The smallest absolute Gasteiger partial charge is 0.222 e. The van der Waals surface area contributed by atoms with Crippen molar-refractivity contribution in [3.63, 3.8) is 0 Å². The van der Waals surface area contributed by atoms with Crippen LogP contribution in [-0.2, 0) is 16.0 Å². The average Bonchev–Trinajstić information content (AvgIpc) is 2.54. The van der Waals surface area contributed by atoms with Gasteiger partial charge in [0.15, 0.2) is 0 Å². The van der Waals surface area contributed by atoms with Crippen LogP contribution in [0.5, 0.6) is 0 Å². The molecule has 0 bridgehead atoms. The van der Waals surface area contributed by atoms with Gasteiger partial charge in [-0.3, -0.25) is 9.69 Å². The standard InChI is InChI=1S/C17H24Cl2N2O2/c1-13-12-21(8-7-20(13)9-10-23-2)17(22)6-4-14-3-5-15(18)16(19)11-14/h3,5,11,13H,4,6-10,12H2,1-2H3/t13-/m1/s1. The molecule has 1 heterocycles. The number of carbonyl (C=O) groups excluding carboxylic acids is 1. The maximum absolute atomic E-state index is 12.4. The second-order valence-corrected chi connectivity index (χ2v) is 6.78. The summed E-state index contributed by atoms with van der Waals surface area (Å²) in [5.74, 6) is 0.203. The second kappa shape index (κ2) is 8.88. The van der Waals surface area contributed by atoms with Gasteiger partial charge in [-0.05, 0) is 31.0 Å². The largest absolute Gasteiger partial charge is 0.383 e. The summed E-state index contributed by atoms with van der Waals surface area (Å²) in [7, 11) is 1.72. The fourth-order valence-corrected chi connectivity index (χ4v) is 3.19. The lowest BCUT2D eigenvalue weighted by Crippen LogP contribution is -2.54. The first kappa shape index (κ1) is 18.5. The van der Waals surface area contributed by atoms with Crippen molar-refractivity contribution in [1.82, 2.24) is 9.80 Å². The van der Waals surface area contributed by atoms with E-state index in [1.807, 2.05) is 17.0 Å². The van der Waals surface area contributed by atoms with E-state index in [1.54, 1.807) is 13.2 Å². The number of carbonyl (C=O) groups is 1. The quantitative estimate of drug-likeness (QED) is 0.783. The van der Waals surface area contributed by atoms with E-state index in [2.05, 4.69) is 11.8 Å². The Morgan fingerprint density at radius 2 is 2.09 bits per heavy atom. The van der Waals surface area contributed by atoms with Crippen LogP contribution in [0.2, 0.25) is 10.0 Å². The summed E-state index contributed by atoms with van der Waals surface area (Å²) in [6.45, 7) is 6.29. The van der Waals surface area contributed by atoms with Gasteiger partial charge in [0.1, 0.15) is 0 Å². The molecule has 23 heavy (non-hydrogen) atoms. The Morgan fingerprint density at radius 1 is 1.30 bits per heavy atom. The van der Waals surface area contributed by atoms with E-state index in [0.29, 0.717) is 28.9 Å². The minimum Gasteiger partial charge on any atom is -0.383 e. The molecular weight excluding hydrogens is 335 g/mol. The minimum atomic E-state index is 0.203. The second-order valence-electron chi connectivity index (χ2n) is 5.97. The number of benzene rings is 1. The van der Waals surface area contributed by atoms with Gasteiger partial charge in [0, 0.05) is 45.8 Å². The fraction of sp³-hybridized carbons (Fsp3) is 0.588. The number of aryl methyl sites for hydroxylation is 1. The van der Waals surface area contributed by atoms with E-state index in [0.717, 1.165) is 38.3 Å². The number of hydrogen-bond donors (Lipinski definition) is 0. The van der Waals surface area contributed by atoms with Crippen molar-refractivity contribution in [2.45, 2.75) is 25.8 Å². The minimum absolute atomic E-state index is 0.203. The van der Waals surface area contributed by atoms with E-state index in [4.69, 9.17) is 27.9 Å². The van der Waals surface area contributed by atoms with Gasteiger partial charge in [-0.2, -0.15) is 0 Å². The Kier molecular flexibility index (Phi) is 7.15. The van der Waals surface area contributed by atoms with Gasteiger partial charge in [-0.25, -0.2) is 0 Å². The Hall–Kier alpha value is -0.810. The summed E-state index contributed by atoms with van der Waals surface area (Å²) >= 11 is 11.9. The topological polar surface area (TPSA) is 32.8 Å². The first-order valence-corrected chi connectivity index (χ1v) is 8.71. The maximum Gasteiger partial charge on any atom is 0.222 e. The molecule has 4 nitrogen and oxygen atoms in total. The SMILES string of the molecule is COCCN1CCN(C(=O)CCc2ccc(Cl)c(Cl)c2)C[C@H]1C. The van der Waals surface area contributed by atoms with Crippen molar-refractivity contribution in [3.05, 3.63) is 33.8 Å². The number of halogens is 2. The molecule has 0 radical (unpaired) electrons. The molecule has 1 saturated heterocycles. The van der Waals surface area contributed by atoms with Crippen LogP contribution < -0.4 is 0 Å². The summed E-state index contributed by atoms with van der Waals surface area (Å²) in [5, 5.41) is 1.08. The van der Waals surface area contributed by atoms with Crippen molar-refractivity contribution >= 4 is 29.1 Å². The molecule has 6 heteroatoms. The normalized spacial score (nSPS) is 19.1. The van der Waals surface area contributed by atoms with Crippen LogP contribution in [0.3, 0.4) is 0 Å². The Bertz CT molecular complexity index is 539. The number of piperazine rings is 1. The van der Waals surface area contributed by atoms with Gasteiger partial charge < -0.3 is 9.64 Å². The molecule has 1 amide bonds. The first-order chi connectivity index (χ1) is 11.0. The molecule has 1 fully saturated rings. The molecule has 0 unspecified atom stereocenters. The van der Waals surface area contributed by atoms with Gasteiger partial charge >= 0.3 is 0 Å². The lowest BCUT2D eigenvalue weighted by Gasteiger charge is -2.39. The van der Waals surface area contributed by atoms with E-state index in [9.17, 15) is 4.79 Å². The summed E-state index contributed by atoms with van der Waals surface area (Å²) in [6, 6.07) is 5.91. The van der Waals surface area contributed by atoms with Crippen LogP contribution in [0, 0.1) is 0 Å². The van der Waals surface area contributed by atoms with Crippen molar-refractivity contribution < 1.29 is 9.53 Å². The van der Waals surface area contributed by atoms with E-state index < -0.39 is 0 Å². The van der Waals surface area contributed by atoms with Crippen LogP contribution in [0.4, 0.5) is 0 Å². The number of amides is 1. The highest BCUT2D eigenvalue weighted by Crippen LogP contribution is 2.23. The highest BCUT2D eigenvalue weighted by molar-refractivity contribution is 6.42. The molecule has 0 spiro atoms. The molecule has 0 aliphatic carbocycles. The van der Waals surface area contributed by atoms with Gasteiger partial charge in [-0.1, -0.05) is 29.3 Å². The fourth-order valence-electron chi connectivity index (χ4n) is 2.87. The van der Waals surface area contributed by atoms with Gasteiger partial charge in [0.25, 0.3) is 0 Å². The van der Waals surface area contributed by atoms with Crippen LogP contribution in [0.1, 0.15) is 18.9 Å². The zero-order valence-electron chi connectivity index (χ0n) is 13.7. The van der Waals surface area contributed by atoms with Crippen molar-refractivity contribution in [1.29, 1.82) is 0 Å². The van der Waals surface area contributed by atoms with Crippen LogP contribution in [0.15, 0.2) is 18.2 Å². The average molecular weight is 359 g/mol.